The van der Waals surface area contributed by atoms with Crippen molar-refractivity contribution in [3.8, 4) is 0 Å². The van der Waals surface area contributed by atoms with Gasteiger partial charge in [0.15, 0.2) is 6.61 Å². The van der Waals surface area contributed by atoms with E-state index in [-0.39, 0.29) is 18.6 Å². The van der Waals surface area contributed by atoms with Crippen LogP contribution in [0.15, 0.2) is 48.5 Å². The molecule has 1 fully saturated rings. The highest BCUT2D eigenvalue weighted by molar-refractivity contribution is 8.16. The summed E-state index contributed by atoms with van der Waals surface area (Å²) < 4.78 is 5.75. The molecule has 1 atom stereocenters. The Balaban J connectivity index is 1.36. The van der Waals surface area contributed by atoms with E-state index >= 15 is 0 Å². The normalized spacial score (nSPS) is 19.3. The third-order valence-corrected chi connectivity index (χ3v) is 8.06. The molecule has 2 heterocycles. The third-order valence-electron chi connectivity index (χ3n) is 5.05. The number of carbonyl (C=O) groups excluding carboxylic acids is 2. The lowest BCUT2D eigenvalue weighted by atomic mass is 10.1. The fourth-order valence-electron chi connectivity index (χ4n) is 3.68. The maximum absolute atomic E-state index is 12.7. The third kappa shape index (κ3) is 4.08. The molecule has 1 saturated heterocycles. The zero-order valence-corrected chi connectivity index (χ0v) is 17.4. The predicted molar refractivity (Wildman–Crippen MR) is 116 cm³/mol. The summed E-state index contributed by atoms with van der Waals surface area (Å²) in [6.07, 6.45) is 2.08. The van der Waals surface area contributed by atoms with E-state index in [1.165, 1.54) is 23.5 Å². The quantitative estimate of drug-likeness (QED) is 0.681. The Morgan fingerprint density at radius 1 is 1.07 bits per heavy atom. The van der Waals surface area contributed by atoms with Gasteiger partial charge in [0, 0.05) is 11.7 Å². The minimum Gasteiger partial charge on any atom is -0.452 e. The molecular formula is C22H23NO3S2. The molecule has 28 heavy (non-hydrogen) atoms. The maximum Gasteiger partial charge on any atom is 0.338 e. The Labute approximate surface area is 174 Å². The van der Waals surface area contributed by atoms with Crippen LogP contribution in [-0.2, 0) is 16.0 Å². The van der Waals surface area contributed by atoms with E-state index in [2.05, 4.69) is 0 Å². The van der Waals surface area contributed by atoms with Crippen LogP contribution in [0.25, 0.3) is 0 Å². The van der Waals surface area contributed by atoms with Gasteiger partial charge in [-0.1, -0.05) is 30.3 Å². The van der Waals surface area contributed by atoms with E-state index in [4.69, 9.17) is 4.74 Å². The standard InChI is InChI=1S/C22H23NO3S2/c1-15-13-18-5-2-3-6-19(18)23(15)20(24)14-26-21(25)16-7-9-17(10-8-16)22-27-11-4-12-28-22/h2-3,5-10,15,22H,4,11-14H2,1H3/t15-/m1/s1. The Hall–Kier alpha value is -1.92. The number of fused-ring (bicyclic) bond motifs is 1. The van der Waals surface area contributed by atoms with Crippen LogP contribution >= 0.6 is 23.5 Å². The molecule has 0 bridgehead atoms. The molecule has 0 radical (unpaired) electrons. The van der Waals surface area contributed by atoms with E-state index in [1.54, 1.807) is 17.0 Å². The van der Waals surface area contributed by atoms with Crippen molar-refractivity contribution < 1.29 is 14.3 Å². The second kappa shape index (κ2) is 8.62. The van der Waals surface area contributed by atoms with Crippen molar-refractivity contribution in [2.75, 3.05) is 23.0 Å². The fourth-order valence-corrected chi connectivity index (χ4v) is 6.58. The summed E-state index contributed by atoms with van der Waals surface area (Å²) in [5.41, 5.74) is 3.79. The van der Waals surface area contributed by atoms with Crippen molar-refractivity contribution in [1.82, 2.24) is 0 Å². The average molecular weight is 414 g/mol. The molecule has 0 aromatic heterocycles. The molecule has 2 aliphatic rings. The molecule has 1 amide bonds. The van der Waals surface area contributed by atoms with Crippen LogP contribution in [0.2, 0.25) is 0 Å². The van der Waals surface area contributed by atoms with Gasteiger partial charge >= 0.3 is 5.97 Å². The molecule has 0 saturated carbocycles. The SMILES string of the molecule is C[C@@H]1Cc2ccccc2N1C(=O)COC(=O)c1ccc(C2SCCCS2)cc1. The maximum atomic E-state index is 12.7. The van der Waals surface area contributed by atoms with Crippen LogP contribution in [0, 0.1) is 0 Å². The Morgan fingerprint density at radius 2 is 1.79 bits per heavy atom. The highest BCUT2D eigenvalue weighted by Crippen LogP contribution is 2.43. The van der Waals surface area contributed by atoms with Gasteiger partial charge in [0.1, 0.15) is 0 Å². The topological polar surface area (TPSA) is 46.6 Å². The van der Waals surface area contributed by atoms with Crippen LogP contribution in [0.1, 0.15) is 39.4 Å². The number of hydrogen-bond donors (Lipinski definition) is 0. The monoisotopic (exact) mass is 413 g/mol. The lowest BCUT2D eigenvalue weighted by molar-refractivity contribution is -0.122. The predicted octanol–water partition coefficient (Wildman–Crippen LogP) is 4.69. The van der Waals surface area contributed by atoms with Crippen molar-refractivity contribution >= 4 is 41.1 Å². The first kappa shape index (κ1) is 19.4. The number of amides is 1. The first-order valence-corrected chi connectivity index (χ1v) is 11.6. The minimum atomic E-state index is -0.455. The number of ether oxygens (including phenoxy) is 1. The molecule has 146 valence electrons. The molecule has 0 N–H and O–H groups in total. The number of para-hydroxylation sites is 1. The van der Waals surface area contributed by atoms with Crippen LogP contribution in [0.4, 0.5) is 5.69 Å². The minimum absolute atomic E-state index is 0.0772. The summed E-state index contributed by atoms with van der Waals surface area (Å²) in [6.45, 7) is 1.77. The van der Waals surface area contributed by atoms with E-state index in [0.717, 1.165) is 17.7 Å². The summed E-state index contributed by atoms with van der Waals surface area (Å²) in [5.74, 6) is 1.73. The van der Waals surface area contributed by atoms with Gasteiger partial charge < -0.3 is 9.64 Å². The molecule has 2 aliphatic heterocycles. The molecule has 0 aliphatic carbocycles. The van der Waals surface area contributed by atoms with Gasteiger partial charge in [0.2, 0.25) is 0 Å². The lowest BCUT2D eigenvalue weighted by Crippen LogP contribution is -2.38. The molecule has 6 heteroatoms. The Morgan fingerprint density at radius 3 is 2.54 bits per heavy atom. The molecule has 4 rings (SSSR count). The highest BCUT2D eigenvalue weighted by Gasteiger charge is 2.31. The largest absolute Gasteiger partial charge is 0.452 e. The number of anilines is 1. The molecule has 4 nitrogen and oxygen atoms in total. The van der Waals surface area contributed by atoms with Crippen molar-refractivity contribution in [1.29, 1.82) is 0 Å². The van der Waals surface area contributed by atoms with Crippen molar-refractivity contribution in [2.24, 2.45) is 0 Å². The zero-order chi connectivity index (χ0) is 19.5. The van der Waals surface area contributed by atoms with Gasteiger partial charge in [-0.3, -0.25) is 4.79 Å². The zero-order valence-electron chi connectivity index (χ0n) is 15.8. The second-order valence-electron chi connectivity index (χ2n) is 7.07. The number of esters is 1. The van der Waals surface area contributed by atoms with Gasteiger partial charge in [0.25, 0.3) is 5.91 Å². The van der Waals surface area contributed by atoms with Gasteiger partial charge in [0.05, 0.1) is 10.1 Å². The van der Waals surface area contributed by atoms with Crippen molar-refractivity contribution in [3.63, 3.8) is 0 Å². The highest BCUT2D eigenvalue weighted by atomic mass is 32.2. The van der Waals surface area contributed by atoms with Crippen LogP contribution in [0.3, 0.4) is 0 Å². The Bertz CT molecular complexity index is 862. The number of thioether (sulfide) groups is 2. The van der Waals surface area contributed by atoms with Gasteiger partial charge in [-0.05, 0) is 60.6 Å². The summed E-state index contributed by atoms with van der Waals surface area (Å²) in [5, 5.41) is 0. The van der Waals surface area contributed by atoms with Crippen LogP contribution in [0.5, 0.6) is 0 Å². The second-order valence-corrected chi connectivity index (χ2v) is 9.80. The van der Waals surface area contributed by atoms with Gasteiger partial charge in [-0.2, -0.15) is 0 Å². The summed E-state index contributed by atoms with van der Waals surface area (Å²) >= 11 is 3.90. The van der Waals surface area contributed by atoms with Gasteiger partial charge in [-0.25, -0.2) is 4.79 Å². The first-order chi connectivity index (χ1) is 13.6. The smallest absolute Gasteiger partial charge is 0.338 e. The van der Waals surface area contributed by atoms with E-state index in [1.807, 2.05) is 66.8 Å². The lowest BCUT2D eigenvalue weighted by Gasteiger charge is -2.22. The Kier molecular flexibility index (Phi) is 5.97. The number of carbonyl (C=O) groups is 2. The van der Waals surface area contributed by atoms with E-state index < -0.39 is 5.97 Å². The molecular weight excluding hydrogens is 390 g/mol. The van der Waals surface area contributed by atoms with Crippen LogP contribution < -0.4 is 4.90 Å². The number of hydrogen-bond acceptors (Lipinski definition) is 5. The number of rotatable bonds is 4. The molecule has 2 aromatic carbocycles. The average Bonchev–Trinajstić information content (AvgIpc) is 3.08. The van der Waals surface area contributed by atoms with E-state index in [0.29, 0.717) is 10.1 Å². The fraction of sp³-hybridized carbons (Fsp3) is 0.364. The van der Waals surface area contributed by atoms with Crippen LogP contribution in [-0.4, -0.2) is 36.0 Å². The number of benzene rings is 2. The van der Waals surface area contributed by atoms with Gasteiger partial charge in [-0.15, -0.1) is 23.5 Å². The van der Waals surface area contributed by atoms with Crippen molar-refractivity contribution in [2.45, 2.75) is 30.4 Å². The summed E-state index contributed by atoms with van der Waals surface area (Å²) in [4.78, 5) is 26.8. The first-order valence-electron chi connectivity index (χ1n) is 9.54. The van der Waals surface area contributed by atoms with Crippen molar-refractivity contribution in [3.05, 3.63) is 65.2 Å². The number of nitrogens with zero attached hydrogens (tertiary/aromatic N) is 1. The summed E-state index contributed by atoms with van der Waals surface area (Å²) in [7, 11) is 0. The molecule has 2 aromatic rings. The molecule has 0 spiro atoms. The summed E-state index contributed by atoms with van der Waals surface area (Å²) in [6, 6.07) is 15.5. The molecule has 0 unspecified atom stereocenters. The van der Waals surface area contributed by atoms with E-state index in [9.17, 15) is 9.59 Å².